The van der Waals surface area contributed by atoms with Crippen molar-refractivity contribution in [2.45, 2.75) is 18.6 Å². The first kappa shape index (κ1) is 13.9. The van der Waals surface area contributed by atoms with Crippen LogP contribution < -0.4 is 10.2 Å². The van der Waals surface area contributed by atoms with E-state index >= 15 is 0 Å². The van der Waals surface area contributed by atoms with Gasteiger partial charge in [-0.05, 0) is 6.42 Å². The summed E-state index contributed by atoms with van der Waals surface area (Å²) in [4.78, 5) is 8.72. The number of anilines is 2. The summed E-state index contributed by atoms with van der Waals surface area (Å²) < 4.78 is 43.4. The standard InChI is InChI=1S/C11H15F3N4O/c1-15-8-5-9(17-10(16-8)11(12,13)14)18(2)7-3-4-19-6-7/h5,7H,3-4,6H2,1-2H3,(H,15,16,17). The van der Waals surface area contributed by atoms with Gasteiger partial charge in [-0.1, -0.05) is 0 Å². The Morgan fingerprint density at radius 1 is 1.42 bits per heavy atom. The zero-order chi connectivity index (χ0) is 14.0. The Morgan fingerprint density at radius 2 is 2.16 bits per heavy atom. The van der Waals surface area contributed by atoms with Gasteiger partial charge in [0.1, 0.15) is 11.6 Å². The van der Waals surface area contributed by atoms with Crippen molar-refractivity contribution in [3.63, 3.8) is 0 Å². The average molecular weight is 276 g/mol. The molecule has 1 saturated heterocycles. The molecule has 106 valence electrons. The topological polar surface area (TPSA) is 50.3 Å². The lowest BCUT2D eigenvalue weighted by atomic mass is 10.2. The van der Waals surface area contributed by atoms with E-state index in [4.69, 9.17) is 4.74 Å². The van der Waals surface area contributed by atoms with E-state index in [1.807, 2.05) is 0 Å². The summed E-state index contributed by atoms with van der Waals surface area (Å²) in [5, 5.41) is 2.62. The van der Waals surface area contributed by atoms with Crippen molar-refractivity contribution in [2.75, 3.05) is 37.5 Å². The van der Waals surface area contributed by atoms with Crippen LogP contribution in [-0.2, 0) is 10.9 Å². The number of nitrogens with one attached hydrogen (secondary N) is 1. The summed E-state index contributed by atoms with van der Waals surface area (Å²) in [5.74, 6) is -0.759. The molecule has 1 N–H and O–H groups in total. The maximum absolute atomic E-state index is 12.7. The van der Waals surface area contributed by atoms with Crippen LogP contribution in [0.5, 0.6) is 0 Å². The minimum absolute atomic E-state index is 0.0423. The third kappa shape index (κ3) is 3.06. The molecular weight excluding hydrogens is 261 g/mol. The molecule has 0 amide bonds. The van der Waals surface area contributed by atoms with Gasteiger partial charge in [-0.15, -0.1) is 0 Å². The summed E-state index contributed by atoms with van der Waals surface area (Å²) in [6.45, 7) is 1.11. The SMILES string of the molecule is CNc1cc(N(C)C2CCOC2)nc(C(F)(F)F)n1. The van der Waals surface area contributed by atoms with Crippen molar-refractivity contribution < 1.29 is 17.9 Å². The molecule has 2 heterocycles. The molecule has 0 saturated carbocycles. The normalized spacial score (nSPS) is 19.5. The Kier molecular flexibility index (Phi) is 3.79. The molecule has 2 rings (SSSR count). The van der Waals surface area contributed by atoms with Gasteiger partial charge in [-0.2, -0.15) is 13.2 Å². The molecule has 0 aliphatic carbocycles. The highest BCUT2D eigenvalue weighted by Crippen LogP contribution is 2.29. The second kappa shape index (κ2) is 5.20. The van der Waals surface area contributed by atoms with Gasteiger partial charge in [0.05, 0.1) is 12.6 Å². The number of alkyl halides is 3. The van der Waals surface area contributed by atoms with Gasteiger partial charge in [0.25, 0.3) is 0 Å². The van der Waals surface area contributed by atoms with E-state index in [0.29, 0.717) is 13.2 Å². The Hall–Kier alpha value is -1.57. The molecular formula is C11H15F3N4O. The molecule has 0 radical (unpaired) electrons. The molecule has 8 heteroatoms. The molecule has 0 aromatic carbocycles. The van der Waals surface area contributed by atoms with Crippen LogP contribution >= 0.6 is 0 Å². The molecule has 0 bridgehead atoms. The van der Waals surface area contributed by atoms with E-state index in [-0.39, 0.29) is 17.7 Å². The molecule has 1 aromatic rings. The van der Waals surface area contributed by atoms with Gasteiger partial charge >= 0.3 is 6.18 Å². The van der Waals surface area contributed by atoms with Crippen LogP contribution in [0.2, 0.25) is 0 Å². The molecule has 19 heavy (non-hydrogen) atoms. The van der Waals surface area contributed by atoms with Crippen LogP contribution in [0, 0.1) is 0 Å². The van der Waals surface area contributed by atoms with Crippen LogP contribution in [0.15, 0.2) is 6.07 Å². The molecule has 5 nitrogen and oxygen atoms in total. The van der Waals surface area contributed by atoms with Crippen molar-refractivity contribution in [3.05, 3.63) is 11.9 Å². The molecule has 1 aliphatic rings. The maximum Gasteiger partial charge on any atom is 0.451 e. The van der Waals surface area contributed by atoms with Crippen molar-refractivity contribution in [3.8, 4) is 0 Å². The highest BCUT2D eigenvalue weighted by atomic mass is 19.4. The zero-order valence-electron chi connectivity index (χ0n) is 10.7. The van der Waals surface area contributed by atoms with Crippen LogP contribution in [0.1, 0.15) is 12.2 Å². The molecule has 1 unspecified atom stereocenters. The number of halogens is 3. The van der Waals surface area contributed by atoms with Gasteiger partial charge in [-0.25, -0.2) is 9.97 Å². The third-order valence-corrected chi connectivity index (χ3v) is 3.04. The smallest absolute Gasteiger partial charge is 0.379 e. The average Bonchev–Trinajstić information content (AvgIpc) is 2.90. The molecule has 0 spiro atoms. The van der Waals surface area contributed by atoms with E-state index in [0.717, 1.165) is 6.42 Å². The fraction of sp³-hybridized carbons (Fsp3) is 0.636. The van der Waals surface area contributed by atoms with E-state index in [1.165, 1.54) is 13.1 Å². The van der Waals surface area contributed by atoms with E-state index in [2.05, 4.69) is 15.3 Å². The predicted octanol–water partition coefficient (Wildman–Crippen LogP) is 1.76. The Morgan fingerprint density at radius 3 is 2.68 bits per heavy atom. The fourth-order valence-electron chi connectivity index (χ4n) is 1.88. The van der Waals surface area contributed by atoms with Crippen molar-refractivity contribution in [1.29, 1.82) is 0 Å². The summed E-state index contributed by atoms with van der Waals surface area (Å²) in [6, 6.07) is 1.54. The summed E-state index contributed by atoms with van der Waals surface area (Å²) in [5.41, 5.74) is 0. The van der Waals surface area contributed by atoms with E-state index in [9.17, 15) is 13.2 Å². The van der Waals surface area contributed by atoms with Crippen molar-refractivity contribution in [1.82, 2.24) is 9.97 Å². The Bertz CT molecular complexity index is 446. The zero-order valence-corrected chi connectivity index (χ0v) is 10.7. The van der Waals surface area contributed by atoms with Gasteiger partial charge < -0.3 is 15.0 Å². The summed E-state index contributed by atoms with van der Waals surface area (Å²) in [6.07, 6.45) is -3.79. The first-order valence-corrected chi connectivity index (χ1v) is 5.86. The Balaban J connectivity index is 2.33. The highest BCUT2D eigenvalue weighted by Gasteiger charge is 2.36. The molecule has 1 aliphatic heterocycles. The number of hydrogen-bond acceptors (Lipinski definition) is 5. The monoisotopic (exact) mass is 276 g/mol. The number of nitrogens with zero attached hydrogens (tertiary/aromatic N) is 3. The third-order valence-electron chi connectivity index (χ3n) is 3.04. The minimum atomic E-state index is -4.56. The molecule has 1 fully saturated rings. The Labute approximate surface area is 108 Å². The number of rotatable bonds is 3. The fourth-order valence-corrected chi connectivity index (χ4v) is 1.88. The first-order valence-electron chi connectivity index (χ1n) is 5.86. The van der Waals surface area contributed by atoms with Gasteiger partial charge in [0, 0.05) is 26.8 Å². The highest BCUT2D eigenvalue weighted by molar-refractivity contribution is 5.49. The van der Waals surface area contributed by atoms with Gasteiger partial charge in [0.2, 0.25) is 5.82 Å². The van der Waals surface area contributed by atoms with Crippen LogP contribution in [0.3, 0.4) is 0 Å². The lowest BCUT2D eigenvalue weighted by Gasteiger charge is -2.25. The minimum Gasteiger partial charge on any atom is -0.379 e. The maximum atomic E-state index is 12.7. The van der Waals surface area contributed by atoms with Gasteiger partial charge in [0.15, 0.2) is 0 Å². The second-order valence-corrected chi connectivity index (χ2v) is 4.31. The van der Waals surface area contributed by atoms with Crippen LogP contribution in [-0.4, -0.2) is 43.3 Å². The predicted molar refractivity (Wildman–Crippen MR) is 64.2 cm³/mol. The van der Waals surface area contributed by atoms with Crippen molar-refractivity contribution in [2.24, 2.45) is 0 Å². The van der Waals surface area contributed by atoms with Crippen LogP contribution in [0.4, 0.5) is 24.8 Å². The lowest BCUT2D eigenvalue weighted by Crippen LogP contribution is -2.33. The molecule has 1 atom stereocenters. The van der Waals surface area contributed by atoms with E-state index in [1.54, 1.807) is 11.9 Å². The quantitative estimate of drug-likeness (QED) is 0.911. The molecule has 1 aromatic heterocycles. The number of likely N-dealkylation sites (N-methyl/N-ethyl adjacent to an activating group) is 1. The summed E-state index contributed by atoms with van der Waals surface area (Å²) >= 11 is 0. The summed E-state index contributed by atoms with van der Waals surface area (Å²) in [7, 11) is 3.23. The van der Waals surface area contributed by atoms with E-state index < -0.39 is 12.0 Å². The van der Waals surface area contributed by atoms with Crippen molar-refractivity contribution >= 4 is 11.6 Å². The van der Waals surface area contributed by atoms with Crippen LogP contribution in [0.25, 0.3) is 0 Å². The number of ether oxygens (including phenoxy) is 1. The first-order chi connectivity index (χ1) is 8.91. The second-order valence-electron chi connectivity index (χ2n) is 4.31. The lowest BCUT2D eigenvalue weighted by molar-refractivity contribution is -0.144. The van der Waals surface area contributed by atoms with Gasteiger partial charge in [-0.3, -0.25) is 0 Å². The number of hydrogen-bond donors (Lipinski definition) is 1. The largest absolute Gasteiger partial charge is 0.451 e. The number of aromatic nitrogens is 2.